The quantitative estimate of drug-likeness (QED) is 0.869. The maximum absolute atomic E-state index is 12.0. The van der Waals surface area contributed by atoms with Crippen molar-refractivity contribution in [2.75, 3.05) is 20.1 Å². The average molecular weight is 304 g/mol. The van der Waals surface area contributed by atoms with E-state index in [1.54, 1.807) is 0 Å². The highest BCUT2D eigenvalue weighted by atomic mass is 16.6. The van der Waals surface area contributed by atoms with Crippen LogP contribution in [0.5, 0.6) is 0 Å². The molecular weight excluding hydrogens is 276 g/mol. The van der Waals surface area contributed by atoms with Gasteiger partial charge in [0, 0.05) is 19.1 Å². The number of carbonyl (C=O) groups excluding carboxylic acids is 1. The summed E-state index contributed by atoms with van der Waals surface area (Å²) >= 11 is 0. The van der Waals surface area contributed by atoms with Crippen molar-refractivity contribution in [2.24, 2.45) is 0 Å². The van der Waals surface area contributed by atoms with Gasteiger partial charge in [-0.1, -0.05) is 12.1 Å². The van der Waals surface area contributed by atoms with Gasteiger partial charge in [0.05, 0.1) is 5.56 Å². The fourth-order valence-electron chi connectivity index (χ4n) is 2.78. The van der Waals surface area contributed by atoms with E-state index >= 15 is 0 Å². The minimum absolute atomic E-state index is 0.257. The maximum atomic E-state index is 12.0. The molecule has 1 N–H and O–H groups in total. The van der Waals surface area contributed by atoms with E-state index in [-0.39, 0.29) is 5.97 Å². The fraction of sp³-hybridized carbons (Fsp3) is 0.611. The minimum Gasteiger partial charge on any atom is -0.456 e. The molecule has 122 valence electrons. The summed E-state index contributed by atoms with van der Waals surface area (Å²) in [7, 11) is 2.03. The van der Waals surface area contributed by atoms with E-state index in [9.17, 15) is 4.79 Å². The molecule has 2 rings (SSSR count). The standard InChI is InChI=1S/C18H28N2O2/c1-18(2,3)22-17(21)15-9-7-14(8-10-15)12-20-11-5-6-16(13-20)19-4/h7-10,16,19H,5-6,11-13H2,1-4H3/t16-/m1/s1. The van der Waals surface area contributed by atoms with Crippen LogP contribution in [0.15, 0.2) is 24.3 Å². The highest BCUT2D eigenvalue weighted by Gasteiger charge is 2.19. The second-order valence-corrected chi connectivity index (χ2v) is 7.06. The Morgan fingerprint density at radius 1 is 1.32 bits per heavy atom. The Balaban J connectivity index is 1.93. The van der Waals surface area contributed by atoms with E-state index in [0.29, 0.717) is 11.6 Å². The monoisotopic (exact) mass is 304 g/mol. The number of carbonyl (C=O) groups is 1. The van der Waals surface area contributed by atoms with Gasteiger partial charge in [0.2, 0.25) is 0 Å². The predicted molar refractivity (Wildman–Crippen MR) is 89.0 cm³/mol. The predicted octanol–water partition coefficient (Wildman–Crippen LogP) is 2.83. The van der Waals surface area contributed by atoms with Crippen LogP contribution in [0.1, 0.15) is 49.5 Å². The van der Waals surface area contributed by atoms with Crippen molar-refractivity contribution in [1.82, 2.24) is 10.2 Å². The molecule has 0 amide bonds. The second kappa shape index (κ2) is 7.25. The molecule has 1 aliphatic rings. The maximum Gasteiger partial charge on any atom is 0.338 e. The van der Waals surface area contributed by atoms with Crippen LogP contribution in [-0.4, -0.2) is 42.6 Å². The lowest BCUT2D eigenvalue weighted by Crippen LogP contribution is -2.43. The summed E-state index contributed by atoms with van der Waals surface area (Å²) in [4.78, 5) is 14.5. The lowest BCUT2D eigenvalue weighted by molar-refractivity contribution is 0.00695. The summed E-state index contributed by atoms with van der Waals surface area (Å²) in [6, 6.07) is 8.38. The smallest absolute Gasteiger partial charge is 0.338 e. The summed E-state index contributed by atoms with van der Waals surface area (Å²) in [5.41, 5.74) is 1.40. The van der Waals surface area contributed by atoms with Gasteiger partial charge in [-0.15, -0.1) is 0 Å². The van der Waals surface area contributed by atoms with Gasteiger partial charge >= 0.3 is 5.97 Å². The number of benzene rings is 1. The summed E-state index contributed by atoms with van der Waals surface area (Å²) in [6.07, 6.45) is 2.49. The Morgan fingerprint density at radius 2 is 2.00 bits per heavy atom. The molecule has 22 heavy (non-hydrogen) atoms. The topological polar surface area (TPSA) is 41.6 Å². The number of likely N-dealkylation sites (tertiary alicyclic amines) is 1. The molecule has 4 nitrogen and oxygen atoms in total. The van der Waals surface area contributed by atoms with Crippen molar-refractivity contribution in [1.29, 1.82) is 0 Å². The molecule has 0 aliphatic carbocycles. The number of hydrogen-bond acceptors (Lipinski definition) is 4. The first-order chi connectivity index (χ1) is 10.4. The first kappa shape index (κ1) is 17.0. The van der Waals surface area contributed by atoms with Crippen molar-refractivity contribution in [3.63, 3.8) is 0 Å². The second-order valence-electron chi connectivity index (χ2n) is 7.06. The van der Waals surface area contributed by atoms with Gasteiger partial charge in [0.25, 0.3) is 0 Å². The molecule has 1 aromatic carbocycles. The fourth-order valence-corrected chi connectivity index (χ4v) is 2.78. The highest BCUT2D eigenvalue weighted by molar-refractivity contribution is 5.89. The molecule has 1 aliphatic heterocycles. The zero-order valence-corrected chi connectivity index (χ0v) is 14.2. The zero-order chi connectivity index (χ0) is 16.2. The van der Waals surface area contributed by atoms with E-state index in [0.717, 1.165) is 19.6 Å². The van der Waals surface area contributed by atoms with E-state index in [1.165, 1.54) is 18.4 Å². The molecule has 0 bridgehead atoms. The molecule has 0 radical (unpaired) electrons. The van der Waals surface area contributed by atoms with Crippen LogP contribution in [0, 0.1) is 0 Å². The van der Waals surface area contributed by atoms with Crippen LogP contribution in [-0.2, 0) is 11.3 Å². The molecule has 0 saturated carbocycles. The Bertz CT molecular complexity index is 491. The van der Waals surface area contributed by atoms with Gasteiger partial charge in [0.15, 0.2) is 0 Å². The number of rotatable bonds is 4. The summed E-state index contributed by atoms with van der Waals surface area (Å²) in [5.74, 6) is -0.257. The lowest BCUT2D eigenvalue weighted by Gasteiger charge is -2.32. The molecule has 1 heterocycles. The number of likely N-dealkylation sites (N-methyl/N-ethyl adjacent to an activating group) is 1. The average Bonchev–Trinajstić information content (AvgIpc) is 2.46. The molecule has 0 aromatic heterocycles. The first-order valence-corrected chi connectivity index (χ1v) is 8.09. The van der Waals surface area contributed by atoms with Crippen LogP contribution in [0.4, 0.5) is 0 Å². The highest BCUT2D eigenvalue weighted by Crippen LogP contribution is 2.16. The first-order valence-electron chi connectivity index (χ1n) is 8.09. The minimum atomic E-state index is -0.453. The van der Waals surface area contributed by atoms with Gasteiger partial charge in [-0.05, 0) is 64.9 Å². The summed E-state index contributed by atoms with van der Waals surface area (Å²) < 4.78 is 5.38. The van der Waals surface area contributed by atoms with Gasteiger partial charge < -0.3 is 10.1 Å². The molecule has 0 unspecified atom stereocenters. The SMILES string of the molecule is CN[C@@H]1CCCN(Cc2ccc(C(=O)OC(C)(C)C)cc2)C1. The van der Waals surface area contributed by atoms with Crippen molar-refractivity contribution in [3.05, 3.63) is 35.4 Å². The third-order valence-corrected chi connectivity index (χ3v) is 3.91. The molecule has 0 spiro atoms. The zero-order valence-electron chi connectivity index (χ0n) is 14.2. The Morgan fingerprint density at radius 3 is 2.59 bits per heavy atom. The Labute approximate surface area is 133 Å². The molecule has 4 heteroatoms. The molecule has 1 atom stereocenters. The van der Waals surface area contributed by atoms with Crippen LogP contribution >= 0.6 is 0 Å². The Kier molecular flexibility index (Phi) is 5.59. The van der Waals surface area contributed by atoms with E-state index in [4.69, 9.17) is 4.74 Å². The van der Waals surface area contributed by atoms with Crippen LogP contribution in [0.3, 0.4) is 0 Å². The van der Waals surface area contributed by atoms with E-state index < -0.39 is 5.60 Å². The largest absolute Gasteiger partial charge is 0.456 e. The number of nitrogens with one attached hydrogen (secondary N) is 1. The molecule has 1 aromatic rings. The van der Waals surface area contributed by atoms with Gasteiger partial charge in [-0.25, -0.2) is 4.79 Å². The van der Waals surface area contributed by atoms with Crippen molar-refractivity contribution < 1.29 is 9.53 Å². The van der Waals surface area contributed by atoms with Crippen LogP contribution in [0.25, 0.3) is 0 Å². The Hall–Kier alpha value is -1.39. The third kappa shape index (κ3) is 5.11. The number of piperidine rings is 1. The van der Waals surface area contributed by atoms with Gasteiger partial charge in [-0.3, -0.25) is 4.90 Å². The number of hydrogen-bond donors (Lipinski definition) is 1. The molecular formula is C18H28N2O2. The van der Waals surface area contributed by atoms with E-state index in [2.05, 4.69) is 10.2 Å². The van der Waals surface area contributed by atoms with Crippen LogP contribution in [0.2, 0.25) is 0 Å². The number of esters is 1. The van der Waals surface area contributed by atoms with E-state index in [1.807, 2.05) is 52.1 Å². The lowest BCUT2D eigenvalue weighted by atomic mass is 10.0. The van der Waals surface area contributed by atoms with Gasteiger partial charge in [-0.2, -0.15) is 0 Å². The molecule has 1 fully saturated rings. The molecule has 1 saturated heterocycles. The summed E-state index contributed by atoms with van der Waals surface area (Å²) in [6.45, 7) is 8.82. The van der Waals surface area contributed by atoms with Gasteiger partial charge in [0.1, 0.15) is 5.60 Å². The van der Waals surface area contributed by atoms with Crippen molar-refractivity contribution in [3.8, 4) is 0 Å². The van der Waals surface area contributed by atoms with Crippen LogP contribution < -0.4 is 5.32 Å². The third-order valence-electron chi connectivity index (χ3n) is 3.91. The normalized spacial score (nSPS) is 19.9. The number of nitrogens with zero attached hydrogens (tertiary/aromatic N) is 1. The number of ether oxygens (including phenoxy) is 1. The summed E-state index contributed by atoms with van der Waals surface area (Å²) in [5, 5.41) is 3.36. The van der Waals surface area contributed by atoms with Crippen molar-refractivity contribution in [2.45, 2.75) is 51.8 Å². The van der Waals surface area contributed by atoms with Crippen molar-refractivity contribution >= 4 is 5.97 Å².